The third-order valence-electron chi connectivity index (χ3n) is 4.99. The molecule has 1 amide bonds. The summed E-state index contributed by atoms with van der Waals surface area (Å²) in [5, 5.41) is 15.5. The molecule has 0 aliphatic heterocycles. The molecule has 2 rings (SSSR count). The number of rotatable bonds is 9. The third kappa shape index (κ3) is 5.32. The number of ether oxygens (including phenoxy) is 2. The number of para-hydroxylation sites is 1. The topological polar surface area (TPSA) is 83.4 Å². The van der Waals surface area contributed by atoms with Crippen LogP contribution in [0, 0.1) is 11.3 Å². The molecule has 0 saturated heterocycles. The molecule has 6 heteroatoms. The van der Waals surface area contributed by atoms with Gasteiger partial charge in [-0.2, -0.15) is 5.26 Å². The van der Waals surface area contributed by atoms with E-state index in [4.69, 9.17) is 9.47 Å². The molecule has 0 saturated carbocycles. The van der Waals surface area contributed by atoms with Crippen molar-refractivity contribution in [3.8, 4) is 17.6 Å². The summed E-state index contributed by atoms with van der Waals surface area (Å²) < 4.78 is 10.6. The number of anilines is 1. The molecule has 0 radical (unpaired) electrons. The Balaban J connectivity index is 2.18. The van der Waals surface area contributed by atoms with Gasteiger partial charge in [0.1, 0.15) is 11.6 Å². The molecule has 0 aromatic heterocycles. The molecule has 0 heterocycles. The van der Waals surface area contributed by atoms with E-state index in [9.17, 15) is 10.1 Å². The number of carbonyl (C=O) groups excluding carboxylic acids is 1. The van der Waals surface area contributed by atoms with Gasteiger partial charge in [0.05, 0.1) is 14.2 Å². The standard InChI is InChI=1S/C24H29N3O3/c1-6-17-9-8-10-18(7-2)23(17)27-24(28)20(14-25)15-26-16(3)19-11-12-21(29-4)22(13-19)30-5/h8-13,15-16,26H,6-7H2,1-5H3,(H,27,28)/b20-15-. The number of nitrogens with zero attached hydrogens (tertiary/aromatic N) is 1. The lowest BCUT2D eigenvalue weighted by atomic mass is 10.0. The molecule has 158 valence electrons. The largest absolute Gasteiger partial charge is 0.493 e. The molecule has 0 spiro atoms. The van der Waals surface area contributed by atoms with Crippen molar-refractivity contribution in [2.45, 2.75) is 39.7 Å². The van der Waals surface area contributed by atoms with Crippen LogP contribution in [0.15, 0.2) is 48.2 Å². The van der Waals surface area contributed by atoms with Crippen LogP contribution in [0.5, 0.6) is 11.5 Å². The summed E-state index contributed by atoms with van der Waals surface area (Å²) in [5.41, 5.74) is 3.83. The fourth-order valence-corrected chi connectivity index (χ4v) is 3.16. The van der Waals surface area contributed by atoms with Crippen LogP contribution in [0.25, 0.3) is 0 Å². The second-order valence-corrected chi connectivity index (χ2v) is 6.79. The molecule has 30 heavy (non-hydrogen) atoms. The number of nitriles is 1. The predicted molar refractivity (Wildman–Crippen MR) is 119 cm³/mol. The van der Waals surface area contributed by atoms with E-state index in [1.807, 2.05) is 63.2 Å². The van der Waals surface area contributed by atoms with Gasteiger partial charge in [-0.3, -0.25) is 4.79 Å². The van der Waals surface area contributed by atoms with Crippen LogP contribution in [0.3, 0.4) is 0 Å². The number of nitrogens with one attached hydrogen (secondary N) is 2. The Morgan fingerprint density at radius 2 is 1.73 bits per heavy atom. The lowest BCUT2D eigenvalue weighted by Gasteiger charge is -2.16. The summed E-state index contributed by atoms with van der Waals surface area (Å²) in [4.78, 5) is 12.7. The first kappa shape index (κ1) is 22.8. The summed E-state index contributed by atoms with van der Waals surface area (Å²) >= 11 is 0. The lowest BCUT2D eigenvalue weighted by Crippen LogP contribution is -2.20. The monoisotopic (exact) mass is 407 g/mol. The van der Waals surface area contributed by atoms with Crippen LogP contribution in [-0.2, 0) is 17.6 Å². The van der Waals surface area contributed by atoms with Gasteiger partial charge in [0.25, 0.3) is 5.91 Å². The highest BCUT2D eigenvalue weighted by molar-refractivity contribution is 6.07. The van der Waals surface area contributed by atoms with Crippen molar-refractivity contribution >= 4 is 11.6 Å². The van der Waals surface area contributed by atoms with Gasteiger partial charge in [-0.25, -0.2) is 0 Å². The number of aryl methyl sites for hydroxylation is 2. The molecule has 0 aliphatic rings. The van der Waals surface area contributed by atoms with E-state index in [-0.39, 0.29) is 11.6 Å². The molecule has 2 aromatic rings. The Morgan fingerprint density at radius 3 is 2.27 bits per heavy atom. The van der Waals surface area contributed by atoms with Gasteiger partial charge < -0.3 is 20.1 Å². The summed E-state index contributed by atoms with van der Waals surface area (Å²) in [6.07, 6.45) is 3.05. The van der Waals surface area contributed by atoms with Gasteiger partial charge in [-0.1, -0.05) is 38.1 Å². The zero-order valence-electron chi connectivity index (χ0n) is 18.2. The smallest absolute Gasteiger partial charge is 0.267 e. The molecule has 2 aromatic carbocycles. The van der Waals surface area contributed by atoms with Gasteiger partial charge in [0, 0.05) is 17.9 Å². The summed E-state index contributed by atoms with van der Waals surface area (Å²) in [5.74, 6) is 0.830. The number of amides is 1. The van der Waals surface area contributed by atoms with Crippen LogP contribution >= 0.6 is 0 Å². The normalized spacial score (nSPS) is 11.9. The Morgan fingerprint density at radius 1 is 1.10 bits per heavy atom. The molecule has 1 unspecified atom stereocenters. The molecule has 0 aliphatic carbocycles. The van der Waals surface area contributed by atoms with E-state index in [1.165, 1.54) is 6.20 Å². The highest BCUT2D eigenvalue weighted by Crippen LogP contribution is 2.30. The predicted octanol–water partition coefficient (Wildman–Crippen LogP) is 4.53. The zero-order valence-corrected chi connectivity index (χ0v) is 18.2. The molecule has 2 N–H and O–H groups in total. The average molecular weight is 408 g/mol. The van der Waals surface area contributed by atoms with Crippen LogP contribution in [0.4, 0.5) is 5.69 Å². The highest BCUT2D eigenvalue weighted by atomic mass is 16.5. The lowest BCUT2D eigenvalue weighted by molar-refractivity contribution is -0.112. The zero-order chi connectivity index (χ0) is 22.1. The number of hydrogen-bond acceptors (Lipinski definition) is 5. The van der Waals surface area contributed by atoms with Crippen molar-refractivity contribution in [3.05, 3.63) is 64.9 Å². The minimum Gasteiger partial charge on any atom is -0.493 e. The van der Waals surface area contributed by atoms with Crippen LogP contribution in [-0.4, -0.2) is 20.1 Å². The van der Waals surface area contributed by atoms with Crippen LogP contribution in [0.1, 0.15) is 43.5 Å². The minimum atomic E-state index is -0.430. The fraction of sp³-hybridized carbons (Fsp3) is 0.333. The van der Waals surface area contributed by atoms with Crippen LogP contribution < -0.4 is 20.1 Å². The minimum absolute atomic E-state index is 0.00952. The number of methoxy groups -OCH3 is 2. The summed E-state index contributed by atoms with van der Waals surface area (Å²) in [6, 6.07) is 13.4. The number of benzene rings is 2. The van der Waals surface area contributed by atoms with E-state index < -0.39 is 5.91 Å². The number of hydrogen-bond donors (Lipinski definition) is 2. The van der Waals surface area contributed by atoms with Gasteiger partial charge in [0.2, 0.25) is 0 Å². The van der Waals surface area contributed by atoms with Gasteiger partial charge in [-0.15, -0.1) is 0 Å². The van der Waals surface area contributed by atoms with E-state index in [1.54, 1.807) is 14.2 Å². The van der Waals surface area contributed by atoms with Crippen molar-refractivity contribution in [2.24, 2.45) is 0 Å². The maximum Gasteiger partial charge on any atom is 0.267 e. The molecule has 0 fully saturated rings. The first-order chi connectivity index (χ1) is 14.5. The highest BCUT2D eigenvalue weighted by Gasteiger charge is 2.15. The quantitative estimate of drug-likeness (QED) is 0.471. The molecular formula is C24H29N3O3. The SMILES string of the molecule is CCc1cccc(CC)c1NC(=O)/C(C#N)=C\NC(C)c1ccc(OC)c(OC)c1. The van der Waals surface area contributed by atoms with Crippen molar-refractivity contribution < 1.29 is 14.3 Å². The Hall–Kier alpha value is -3.46. The Bertz CT molecular complexity index is 938. The van der Waals surface area contributed by atoms with Crippen molar-refractivity contribution in [3.63, 3.8) is 0 Å². The molecule has 6 nitrogen and oxygen atoms in total. The van der Waals surface area contributed by atoms with Crippen molar-refractivity contribution in [2.75, 3.05) is 19.5 Å². The molecular weight excluding hydrogens is 378 g/mol. The Kier molecular flexibility index (Phi) is 8.30. The van der Waals surface area contributed by atoms with Gasteiger partial charge in [-0.05, 0) is 48.6 Å². The van der Waals surface area contributed by atoms with E-state index in [0.717, 1.165) is 35.2 Å². The fourth-order valence-electron chi connectivity index (χ4n) is 3.16. The van der Waals surface area contributed by atoms with Crippen molar-refractivity contribution in [1.29, 1.82) is 5.26 Å². The number of carbonyl (C=O) groups is 1. The van der Waals surface area contributed by atoms with Crippen LogP contribution in [0.2, 0.25) is 0 Å². The average Bonchev–Trinajstić information content (AvgIpc) is 2.78. The molecule has 0 bridgehead atoms. The first-order valence-electron chi connectivity index (χ1n) is 9.99. The Labute approximate surface area is 178 Å². The second kappa shape index (κ2) is 10.9. The van der Waals surface area contributed by atoms with Gasteiger partial charge in [0.15, 0.2) is 11.5 Å². The maximum absolute atomic E-state index is 12.7. The maximum atomic E-state index is 12.7. The van der Waals surface area contributed by atoms with E-state index >= 15 is 0 Å². The van der Waals surface area contributed by atoms with Crippen molar-refractivity contribution in [1.82, 2.24) is 5.32 Å². The van der Waals surface area contributed by atoms with E-state index in [0.29, 0.717) is 11.5 Å². The first-order valence-corrected chi connectivity index (χ1v) is 9.99. The van der Waals surface area contributed by atoms with E-state index in [2.05, 4.69) is 10.6 Å². The second-order valence-electron chi connectivity index (χ2n) is 6.79. The van der Waals surface area contributed by atoms with Gasteiger partial charge >= 0.3 is 0 Å². The summed E-state index contributed by atoms with van der Waals surface area (Å²) in [7, 11) is 3.16. The molecule has 1 atom stereocenters. The summed E-state index contributed by atoms with van der Waals surface area (Å²) in [6.45, 7) is 6.02. The third-order valence-corrected chi connectivity index (χ3v) is 4.99.